The molecule has 0 radical (unpaired) electrons. The van der Waals surface area contributed by atoms with Crippen LogP contribution >= 0.6 is 11.3 Å². The zero-order valence-electron chi connectivity index (χ0n) is 18.4. The average molecular weight is 455 g/mol. The Morgan fingerprint density at radius 2 is 1.84 bits per heavy atom. The second kappa shape index (κ2) is 9.22. The third kappa shape index (κ3) is 4.44. The van der Waals surface area contributed by atoms with Gasteiger partial charge in [0.2, 0.25) is 5.91 Å². The highest BCUT2D eigenvalue weighted by atomic mass is 32.1. The quantitative estimate of drug-likeness (QED) is 0.576. The van der Waals surface area contributed by atoms with Gasteiger partial charge in [0, 0.05) is 10.6 Å². The third-order valence-electron chi connectivity index (χ3n) is 5.82. The van der Waals surface area contributed by atoms with E-state index in [1.807, 2.05) is 13.8 Å². The summed E-state index contributed by atoms with van der Waals surface area (Å²) in [6.45, 7) is 6.26. The highest BCUT2D eigenvalue weighted by Gasteiger charge is 2.21. The van der Waals surface area contributed by atoms with Gasteiger partial charge in [0.25, 0.3) is 5.56 Å². The van der Waals surface area contributed by atoms with E-state index in [0.717, 1.165) is 41.2 Å². The number of hydrogen-bond acceptors (Lipinski definition) is 7. The Morgan fingerprint density at radius 1 is 1.16 bits per heavy atom. The zero-order chi connectivity index (χ0) is 22.8. The number of methoxy groups -OCH3 is 1. The number of fused-ring (bicyclic) bond motifs is 1. The SMILES string of the molecule is COC(=O)c1ccc(NC(=O)Cn2c(CN3CCCC3)nc3sc(C)c(C)c3c2=O)cc1. The van der Waals surface area contributed by atoms with Gasteiger partial charge >= 0.3 is 5.97 Å². The van der Waals surface area contributed by atoms with Crippen LogP contribution in [0.3, 0.4) is 0 Å². The molecule has 1 N–H and O–H groups in total. The molecular weight excluding hydrogens is 428 g/mol. The molecule has 0 bridgehead atoms. The number of aromatic nitrogens is 2. The van der Waals surface area contributed by atoms with Crippen molar-refractivity contribution in [2.24, 2.45) is 0 Å². The summed E-state index contributed by atoms with van der Waals surface area (Å²) in [6.07, 6.45) is 2.26. The molecule has 0 unspecified atom stereocenters. The van der Waals surface area contributed by atoms with Crippen molar-refractivity contribution in [1.29, 1.82) is 0 Å². The number of carbonyl (C=O) groups is 2. The van der Waals surface area contributed by atoms with E-state index < -0.39 is 5.97 Å². The van der Waals surface area contributed by atoms with Crippen LogP contribution < -0.4 is 10.9 Å². The lowest BCUT2D eigenvalue weighted by Crippen LogP contribution is -2.33. The lowest BCUT2D eigenvalue weighted by molar-refractivity contribution is -0.116. The minimum atomic E-state index is -0.443. The van der Waals surface area contributed by atoms with Gasteiger partial charge in [-0.2, -0.15) is 0 Å². The molecule has 1 fully saturated rings. The second-order valence-electron chi connectivity index (χ2n) is 7.98. The second-order valence-corrected chi connectivity index (χ2v) is 9.19. The highest BCUT2D eigenvalue weighted by molar-refractivity contribution is 7.18. The number of esters is 1. The lowest BCUT2D eigenvalue weighted by atomic mass is 10.2. The number of aryl methyl sites for hydroxylation is 2. The lowest BCUT2D eigenvalue weighted by Gasteiger charge is -2.18. The van der Waals surface area contributed by atoms with Crippen molar-refractivity contribution in [2.75, 3.05) is 25.5 Å². The maximum atomic E-state index is 13.4. The number of benzene rings is 1. The number of nitrogens with zero attached hydrogens (tertiary/aromatic N) is 3. The number of hydrogen-bond donors (Lipinski definition) is 1. The predicted octanol–water partition coefficient (Wildman–Crippen LogP) is 3.10. The van der Waals surface area contributed by atoms with Gasteiger partial charge in [-0.3, -0.25) is 19.1 Å². The molecule has 1 aromatic carbocycles. The Labute approximate surface area is 189 Å². The Morgan fingerprint density at radius 3 is 2.50 bits per heavy atom. The molecule has 0 spiro atoms. The van der Waals surface area contributed by atoms with Crippen LogP contribution in [0.1, 0.15) is 39.5 Å². The van der Waals surface area contributed by atoms with E-state index in [4.69, 9.17) is 4.98 Å². The van der Waals surface area contributed by atoms with Gasteiger partial charge in [0.15, 0.2) is 0 Å². The normalized spacial score (nSPS) is 14.1. The number of amides is 1. The van der Waals surface area contributed by atoms with Crippen LogP contribution in [0.15, 0.2) is 29.1 Å². The van der Waals surface area contributed by atoms with E-state index in [2.05, 4.69) is 15.0 Å². The van der Waals surface area contributed by atoms with Crippen molar-refractivity contribution < 1.29 is 14.3 Å². The molecule has 1 aliphatic heterocycles. The summed E-state index contributed by atoms with van der Waals surface area (Å²) < 4.78 is 6.19. The first-order chi connectivity index (χ1) is 15.4. The van der Waals surface area contributed by atoms with Gasteiger partial charge in [-0.25, -0.2) is 9.78 Å². The van der Waals surface area contributed by atoms with Crippen molar-refractivity contribution in [3.8, 4) is 0 Å². The molecule has 3 heterocycles. The maximum absolute atomic E-state index is 13.4. The van der Waals surface area contributed by atoms with E-state index in [1.165, 1.54) is 23.0 Å². The summed E-state index contributed by atoms with van der Waals surface area (Å²) in [5.74, 6) is -0.157. The monoisotopic (exact) mass is 454 g/mol. The molecule has 1 saturated heterocycles. The molecule has 4 rings (SSSR count). The summed E-state index contributed by atoms with van der Waals surface area (Å²) in [7, 11) is 1.32. The Balaban J connectivity index is 1.62. The summed E-state index contributed by atoms with van der Waals surface area (Å²) >= 11 is 1.52. The molecule has 168 valence electrons. The maximum Gasteiger partial charge on any atom is 0.337 e. The fourth-order valence-electron chi connectivity index (χ4n) is 3.95. The van der Waals surface area contributed by atoms with Crippen molar-refractivity contribution in [3.05, 3.63) is 56.4 Å². The first-order valence-electron chi connectivity index (χ1n) is 10.6. The molecular formula is C23H26N4O4S. The zero-order valence-corrected chi connectivity index (χ0v) is 19.3. The van der Waals surface area contributed by atoms with Crippen molar-refractivity contribution in [2.45, 2.75) is 39.8 Å². The summed E-state index contributed by atoms with van der Waals surface area (Å²) in [5, 5.41) is 3.39. The Kier molecular flexibility index (Phi) is 6.38. The van der Waals surface area contributed by atoms with Gasteiger partial charge in [-0.1, -0.05) is 0 Å². The van der Waals surface area contributed by atoms with Gasteiger partial charge in [0.1, 0.15) is 17.2 Å². The predicted molar refractivity (Wildman–Crippen MR) is 124 cm³/mol. The number of thiophene rings is 1. The van der Waals surface area contributed by atoms with Gasteiger partial charge in [0.05, 0.1) is 24.6 Å². The molecule has 3 aromatic rings. The van der Waals surface area contributed by atoms with Crippen LogP contribution in [0.25, 0.3) is 10.2 Å². The summed E-state index contributed by atoms with van der Waals surface area (Å²) in [4.78, 5) is 46.6. The average Bonchev–Trinajstić information content (AvgIpc) is 3.38. The van der Waals surface area contributed by atoms with E-state index in [0.29, 0.717) is 29.0 Å². The summed E-state index contributed by atoms with van der Waals surface area (Å²) in [5.41, 5.74) is 1.67. The van der Waals surface area contributed by atoms with Crippen molar-refractivity contribution >= 4 is 39.1 Å². The fourth-order valence-corrected chi connectivity index (χ4v) is 4.98. The largest absolute Gasteiger partial charge is 0.465 e. The minimum absolute atomic E-state index is 0.127. The molecule has 2 aromatic heterocycles. The highest BCUT2D eigenvalue weighted by Crippen LogP contribution is 2.26. The first-order valence-corrected chi connectivity index (χ1v) is 11.4. The fraction of sp³-hybridized carbons (Fsp3) is 0.391. The number of nitrogens with one attached hydrogen (secondary N) is 1. The smallest absolute Gasteiger partial charge is 0.337 e. The summed E-state index contributed by atoms with van der Waals surface area (Å²) in [6, 6.07) is 6.42. The van der Waals surface area contributed by atoms with Crippen LogP contribution in [-0.4, -0.2) is 46.5 Å². The first kappa shape index (κ1) is 22.2. The molecule has 1 aliphatic rings. The number of rotatable bonds is 6. The van der Waals surface area contributed by atoms with Crippen LogP contribution in [-0.2, 0) is 22.6 Å². The molecule has 1 amide bonds. The van der Waals surface area contributed by atoms with E-state index >= 15 is 0 Å². The van der Waals surface area contributed by atoms with Gasteiger partial charge in [-0.15, -0.1) is 11.3 Å². The Bertz CT molecular complexity index is 1220. The molecule has 0 aliphatic carbocycles. The van der Waals surface area contributed by atoms with Crippen LogP contribution in [0.4, 0.5) is 5.69 Å². The van der Waals surface area contributed by atoms with Gasteiger partial charge < -0.3 is 10.1 Å². The van der Waals surface area contributed by atoms with E-state index in [-0.39, 0.29) is 18.0 Å². The van der Waals surface area contributed by atoms with E-state index in [1.54, 1.807) is 24.3 Å². The topological polar surface area (TPSA) is 93.5 Å². The minimum Gasteiger partial charge on any atom is -0.465 e. The molecule has 0 saturated carbocycles. The molecule has 8 nitrogen and oxygen atoms in total. The molecule has 9 heteroatoms. The van der Waals surface area contributed by atoms with E-state index in [9.17, 15) is 14.4 Å². The molecule has 32 heavy (non-hydrogen) atoms. The Hall–Kier alpha value is -3.04. The molecule has 0 atom stereocenters. The van der Waals surface area contributed by atoms with Crippen molar-refractivity contribution in [3.63, 3.8) is 0 Å². The van der Waals surface area contributed by atoms with Gasteiger partial charge in [-0.05, 0) is 69.6 Å². The number of carbonyl (C=O) groups excluding carboxylic acids is 2. The van der Waals surface area contributed by atoms with Crippen LogP contribution in [0.2, 0.25) is 0 Å². The third-order valence-corrected chi connectivity index (χ3v) is 6.92. The van der Waals surface area contributed by atoms with Crippen LogP contribution in [0, 0.1) is 13.8 Å². The number of likely N-dealkylation sites (tertiary alicyclic amines) is 1. The van der Waals surface area contributed by atoms with Crippen molar-refractivity contribution in [1.82, 2.24) is 14.5 Å². The standard InChI is InChI=1S/C23H26N4O4S/c1-14-15(2)32-21-20(14)22(29)27(18(25-21)12-26-10-4-5-11-26)13-19(28)24-17-8-6-16(7-9-17)23(30)31-3/h6-9H,4-5,10-13H2,1-3H3,(H,24,28). The van der Waals surface area contributed by atoms with Crippen LogP contribution in [0.5, 0.6) is 0 Å². The number of ether oxygens (including phenoxy) is 1. The number of anilines is 1.